The Hall–Kier alpha value is -3.80. The highest BCUT2D eigenvalue weighted by Crippen LogP contribution is 2.34. The van der Waals surface area contributed by atoms with Crippen molar-refractivity contribution in [3.8, 4) is 0 Å². The van der Waals surface area contributed by atoms with Gasteiger partial charge in [0.25, 0.3) is 5.91 Å². The molecule has 1 saturated heterocycles. The molecule has 4 aromatic rings. The second-order valence-electron chi connectivity index (χ2n) is 9.93. The maximum Gasteiger partial charge on any atom is 0.451 e. The van der Waals surface area contributed by atoms with Gasteiger partial charge in [0, 0.05) is 60.9 Å². The van der Waals surface area contributed by atoms with Gasteiger partial charge in [0.1, 0.15) is 0 Å². The highest BCUT2D eigenvalue weighted by Gasteiger charge is 2.35. The number of carbonyl (C=O) groups is 1. The van der Waals surface area contributed by atoms with Crippen LogP contribution in [-0.4, -0.2) is 50.4 Å². The predicted octanol–water partition coefficient (Wildman–Crippen LogP) is 4.72. The van der Waals surface area contributed by atoms with Gasteiger partial charge in [-0.05, 0) is 44.7 Å². The summed E-state index contributed by atoms with van der Waals surface area (Å²) in [4.78, 5) is 26.8. The van der Waals surface area contributed by atoms with Crippen molar-refractivity contribution in [2.24, 2.45) is 0 Å². The molecule has 2 N–H and O–H groups in total. The zero-order chi connectivity index (χ0) is 26.6. The van der Waals surface area contributed by atoms with E-state index in [9.17, 15) is 22.4 Å². The zero-order valence-electron chi connectivity index (χ0n) is 20.5. The van der Waals surface area contributed by atoms with Crippen LogP contribution in [0.25, 0.3) is 16.6 Å². The van der Waals surface area contributed by atoms with Crippen molar-refractivity contribution in [3.63, 3.8) is 0 Å². The summed E-state index contributed by atoms with van der Waals surface area (Å²) < 4.78 is 56.5. The van der Waals surface area contributed by atoms with E-state index in [0.717, 1.165) is 38.2 Å². The molecular formula is C26H25F4N7O. The average molecular weight is 528 g/mol. The molecule has 3 aromatic heterocycles. The molecule has 1 amide bonds. The average Bonchev–Trinajstić information content (AvgIpc) is 3.61. The summed E-state index contributed by atoms with van der Waals surface area (Å²) in [5, 5.41) is 6.57. The van der Waals surface area contributed by atoms with E-state index in [1.54, 1.807) is 19.2 Å². The summed E-state index contributed by atoms with van der Waals surface area (Å²) in [5.74, 6) is -2.68. The smallest absolute Gasteiger partial charge is 0.371 e. The Kier molecular flexibility index (Phi) is 5.93. The SMILES string of the molecule is Cc1cn2cc(NC(=O)c3ccc(N4CCC(NC5CC5)CC4)c4cnc(C(F)(F)F)nc34)cc(F)c2n1. The molecule has 1 aliphatic heterocycles. The van der Waals surface area contributed by atoms with Crippen molar-refractivity contribution in [2.75, 3.05) is 23.3 Å². The summed E-state index contributed by atoms with van der Waals surface area (Å²) in [6.07, 6.45) is 3.66. The lowest BCUT2D eigenvalue weighted by Gasteiger charge is -2.34. The Morgan fingerprint density at radius 2 is 1.79 bits per heavy atom. The maximum absolute atomic E-state index is 14.5. The molecule has 2 fully saturated rings. The highest BCUT2D eigenvalue weighted by molar-refractivity contribution is 6.13. The molecule has 8 nitrogen and oxygen atoms in total. The number of aryl methyl sites for hydroxylation is 1. The van der Waals surface area contributed by atoms with Crippen LogP contribution < -0.4 is 15.5 Å². The molecule has 4 heterocycles. The second-order valence-corrected chi connectivity index (χ2v) is 9.93. The van der Waals surface area contributed by atoms with Crippen LogP contribution >= 0.6 is 0 Å². The third kappa shape index (κ3) is 4.75. The van der Waals surface area contributed by atoms with E-state index in [-0.39, 0.29) is 22.4 Å². The minimum absolute atomic E-state index is 0.0655. The number of hydrogen-bond donors (Lipinski definition) is 2. The van der Waals surface area contributed by atoms with Crippen molar-refractivity contribution in [3.05, 3.63) is 59.7 Å². The van der Waals surface area contributed by atoms with E-state index >= 15 is 0 Å². The first kappa shape index (κ1) is 24.5. The van der Waals surface area contributed by atoms with Crippen LogP contribution in [0.5, 0.6) is 0 Å². The Balaban J connectivity index is 1.34. The quantitative estimate of drug-likeness (QED) is 0.366. The number of aromatic nitrogens is 4. The number of carbonyl (C=O) groups excluding carboxylic acids is 1. The molecule has 2 aliphatic rings. The third-order valence-electron chi connectivity index (χ3n) is 6.99. The molecule has 1 saturated carbocycles. The van der Waals surface area contributed by atoms with E-state index < -0.39 is 23.7 Å². The molecule has 1 aliphatic carbocycles. The van der Waals surface area contributed by atoms with Gasteiger partial charge in [-0.2, -0.15) is 13.2 Å². The maximum atomic E-state index is 14.5. The van der Waals surface area contributed by atoms with E-state index in [1.807, 2.05) is 0 Å². The number of pyridine rings is 1. The second kappa shape index (κ2) is 9.19. The lowest BCUT2D eigenvalue weighted by Crippen LogP contribution is -2.43. The number of alkyl halides is 3. The van der Waals surface area contributed by atoms with E-state index in [0.29, 0.717) is 28.9 Å². The molecule has 6 rings (SSSR count). The fourth-order valence-electron chi connectivity index (χ4n) is 5.02. The monoisotopic (exact) mass is 527 g/mol. The van der Waals surface area contributed by atoms with Crippen LogP contribution in [0.2, 0.25) is 0 Å². The van der Waals surface area contributed by atoms with E-state index in [1.165, 1.54) is 29.5 Å². The van der Waals surface area contributed by atoms with Gasteiger partial charge in [-0.25, -0.2) is 19.3 Å². The van der Waals surface area contributed by atoms with Crippen LogP contribution in [0.4, 0.5) is 28.9 Å². The molecule has 12 heteroatoms. The van der Waals surface area contributed by atoms with Crippen LogP contribution in [-0.2, 0) is 6.18 Å². The van der Waals surface area contributed by atoms with Crippen LogP contribution in [0, 0.1) is 12.7 Å². The Morgan fingerprint density at radius 3 is 2.50 bits per heavy atom. The van der Waals surface area contributed by atoms with Gasteiger partial charge in [0.15, 0.2) is 11.5 Å². The predicted molar refractivity (Wildman–Crippen MR) is 134 cm³/mol. The van der Waals surface area contributed by atoms with Crippen molar-refractivity contribution < 1.29 is 22.4 Å². The molecule has 38 heavy (non-hydrogen) atoms. The van der Waals surface area contributed by atoms with Gasteiger partial charge in [-0.15, -0.1) is 0 Å². The van der Waals surface area contributed by atoms with Crippen LogP contribution in [0.3, 0.4) is 0 Å². The lowest BCUT2D eigenvalue weighted by molar-refractivity contribution is -0.144. The molecule has 1 aromatic carbocycles. The molecule has 0 bridgehead atoms. The van der Waals surface area contributed by atoms with Crippen LogP contribution in [0.1, 0.15) is 47.6 Å². The third-order valence-corrected chi connectivity index (χ3v) is 6.99. The minimum atomic E-state index is -4.78. The number of benzene rings is 1. The van der Waals surface area contributed by atoms with Crippen molar-refractivity contribution in [1.82, 2.24) is 24.7 Å². The number of imidazole rings is 1. The number of nitrogens with zero attached hydrogens (tertiary/aromatic N) is 5. The molecular weight excluding hydrogens is 502 g/mol. The lowest BCUT2D eigenvalue weighted by atomic mass is 10.0. The van der Waals surface area contributed by atoms with E-state index in [2.05, 4.69) is 30.5 Å². The molecule has 198 valence electrons. The van der Waals surface area contributed by atoms with Gasteiger partial charge in [0.05, 0.1) is 22.5 Å². The first-order valence-electron chi connectivity index (χ1n) is 12.5. The van der Waals surface area contributed by atoms with Gasteiger partial charge in [-0.3, -0.25) is 4.79 Å². The summed E-state index contributed by atoms with van der Waals surface area (Å²) >= 11 is 0. The fourth-order valence-corrected chi connectivity index (χ4v) is 5.02. The number of anilines is 2. The topological polar surface area (TPSA) is 87.5 Å². The number of fused-ring (bicyclic) bond motifs is 2. The van der Waals surface area contributed by atoms with Crippen molar-refractivity contribution in [1.29, 1.82) is 0 Å². The van der Waals surface area contributed by atoms with Gasteiger partial charge < -0.3 is 19.9 Å². The highest BCUT2D eigenvalue weighted by atomic mass is 19.4. The first-order chi connectivity index (χ1) is 18.2. The molecule has 0 unspecified atom stereocenters. The number of nitrogens with one attached hydrogen (secondary N) is 2. The normalized spacial score (nSPS) is 16.9. The molecule has 0 atom stereocenters. The minimum Gasteiger partial charge on any atom is -0.371 e. The summed E-state index contributed by atoms with van der Waals surface area (Å²) in [6, 6.07) is 5.31. The van der Waals surface area contributed by atoms with E-state index in [4.69, 9.17) is 0 Å². The molecule has 0 radical (unpaired) electrons. The Morgan fingerprint density at radius 1 is 1.05 bits per heavy atom. The standard InChI is InChI=1S/C26H25F4N7O/c1-14-12-37-13-17(10-20(27)23(37)32-14)34-24(38)18-4-5-21(19-11-31-25(26(28,29)30)35-22(18)19)36-8-6-16(7-9-36)33-15-2-3-15/h4-5,10-13,15-16,33H,2-3,6-9H2,1H3,(H,34,38). The zero-order valence-corrected chi connectivity index (χ0v) is 20.5. The summed E-state index contributed by atoms with van der Waals surface area (Å²) in [6.45, 7) is 3.15. The number of halogens is 4. The summed E-state index contributed by atoms with van der Waals surface area (Å²) in [7, 11) is 0. The first-order valence-corrected chi connectivity index (χ1v) is 12.5. The van der Waals surface area contributed by atoms with Gasteiger partial charge in [0.2, 0.25) is 5.82 Å². The number of hydrogen-bond acceptors (Lipinski definition) is 6. The Bertz CT molecular complexity index is 1540. The number of rotatable bonds is 5. The largest absolute Gasteiger partial charge is 0.451 e. The summed E-state index contributed by atoms with van der Waals surface area (Å²) in [5.41, 5.74) is 1.33. The van der Waals surface area contributed by atoms with Gasteiger partial charge in [-0.1, -0.05) is 0 Å². The molecule has 0 spiro atoms. The number of piperidine rings is 1. The fraction of sp³-hybridized carbons (Fsp3) is 0.385. The van der Waals surface area contributed by atoms with Gasteiger partial charge >= 0.3 is 6.18 Å². The van der Waals surface area contributed by atoms with Crippen molar-refractivity contribution >= 4 is 33.8 Å². The van der Waals surface area contributed by atoms with Crippen LogP contribution in [0.15, 0.2) is 36.8 Å². The van der Waals surface area contributed by atoms with Crippen molar-refractivity contribution in [2.45, 2.75) is 50.9 Å². The Labute approximate surface area is 215 Å². The number of amides is 1.